The molecule has 0 saturated carbocycles. The first kappa shape index (κ1) is 23.1. The molecule has 0 fully saturated rings. The van der Waals surface area contributed by atoms with Crippen molar-refractivity contribution in [2.24, 2.45) is 0 Å². The summed E-state index contributed by atoms with van der Waals surface area (Å²) in [6.07, 6.45) is 0. The minimum absolute atomic E-state index is 0.277. The number of aromatic hydroxyl groups is 1. The van der Waals surface area contributed by atoms with Crippen molar-refractivity contribution < 1.29 is 14.6 Å². The van der Waals surface area contributed by atoms with E-state index < -0.39 is 0 Å². The van der Waals surface area contributed by atoms with Crippen LogP contribution in [0.1, 0.15) is 38.8 Å². The van der Waals surface area contributed by atoms with Crippen molar-refractivity contribution in [2.75, 3.05) is 14.2 Å². The largest absolute Gasteiger partial charge is 0.508 e. The first-order valence-corrected chi connectivity index (χ1v) is 8.01. The van der Waals surface area contributed by atoms with E-state index in [0.717, 1.165) is 11.3 Å². The van der Waals surface area contributed by atoms with Crippen LogP contribution in [0, 0.1) is 13.8 Å². The van der Waals surface area contributed by atoms with Gasteiger partial charge in [-0.15, -0.1) is 0 Å². The van der Waals surface area contributed by atoms with Gasteiger partial charge in [0.2, 0.25) is 0 Å². The van der Waals surface area contributed by atoms with E-state index >= 15 is 0 Å². The molecule has 2 rings (SSSR count). The molecule has 2 aromatic carbocycles. The van der Waals surface area contributed by atoms with Gasteiger partial charge in [0.25, 0.3) is 0 Å². The molecule has 0 saturated heterocycles. The highest BCUT2D eigenvalue weighted by molar-refractivity contribution is 5.38. The van der Waals surface area contributed by atoms with Crippen LogP contribution in [-0.2, 0) is 0 Å². The summed E-state index contributed by atoms with van der Waals surface area (Å²) in [5, 5.41) is 9.15. The molecule has 130 valence electrons. The molecule has 3 nitrogen and oxygen atoms in total. The normalized spacial score (nSPS) is 8.17. The summed E-state index contributed by atoms with van der Waals surface area (Å²) < 4.78 is 9.86. The number of rotatable bonds is 2. The minimum Gasteiger partial charge on any atom is -0.508 e. The molecular weight excluding hydrogens is 288 g/mol. The number of phenols is 1. The maximum atomic E-state index is 9.15. The third kappa shape index (κ3) is 10.2. The van der Waals surface area contributed by atoms with E-state index in [4.69, 9.17) is 14.6 Å². The fourth-order valence-electron chi connectivity index (χ4n) is 1.39. The molecule has 0 heterocycles. The second-order valence-corrected chi connectivity index (χ2v) is 4.17. The zero-order valence-corrected chi connectivity index (χ0v) is 15.8. The Hall–Kier alpha value is -2.16. The Morgan fingerprint density at radius 2 is 1.13 bits per heavy atom. The highest BCUT2D eigenvalue weighted by atomic mass is 16.5. The van der Waals surface area contributed by atoms with E-state index in [1.165, 1.54) is 5.56 Å². The Bertz CT molecular complexity index is 505. The van der Waals surface area contributed by atoms with Crippen molar-refractivity contribution in [1.29, 1.82) is 0 Å². The number of hydrogen-bond acceptors (Lipinski definition) is 3. The third-order valence-electron chi connectivity index (χ3n) is 2.67. The number of benzene rings is 2. The van der Waals surface area contributed by atoms with Gasteiger partial charge in [0.1, 0.15) is 17.2 Å². The molecule has 0 radical (unpaired) electrons. The minimum atomic E-state index is 0.277. The summed E-state index contributed by atoms with van der Waals surface area (Å²) in [4.78, 5) is 0. The Balaban J connectivity index is 0. The van der Waals surface area contributed by atoms with Crippen LogP contribution in [0.5, 0.6) is 17.2 Å². The van der Waals surface area contributed by atoms with Gasteiger partial charge >= 0.3 is 0 Å². The molecule has 1 N–H and O–H groups in total. The second kappa shape index (κ2) is 14.8. The quantitative estimate of drug-likeness (QED) is 0.764. The summed E-state index contributed by atoms with van der Waals surface area (Å²) in [5.74, 6) is 1.88. The van der Waals surface area contributed by atoms with Crippen molar-refractivity contribution in [3.8, 4) is 17.2 Å². The molecule has 23 heavy (non-hydrogen) atoms. The molecule has 0 aliphatic rings. The van der Waals surface area contributed by atoms with Gasteiger partial charge in [-0.3, -0.25) is 0 Å². The van der Waals surface area contributed by atoms with E-state index in [1.54, 1.807) is 20.3 Å². The van der Waals surface area contributed by atoms with Gasteiger partial charge in [-0.05, 0) is 37.6 Å². The van der Waals surface area contributed by atoms with Crippen molar-refractivity contribution in [3.63, 3.8) is 0 Å². The lowest BCUT2D eigenvalue weighted by atomic mass is 10.2. The van der Waals surface area contributed by atoms with Gasteiger partial charge in [0, 0.05) is 6.07 Å². The second-order valence-electron chi connectivity index (χ2n) is 4.17. The highest BCUT2D eigenvalue weighted by Gasteiger charge is 1.95. The summed E-state index contributed by atoms with van der Waals surface area (Å²) in [5.41, 5.74) is 2.12. The molecule has 0 aliphatic carbocycles. The van der Waals surface area contributed by atoms with Crippen LogP contribution in [0.4, 0.5) is 0 Å². The topological polar surface area (TPSA) is 38.7 Å². The van der Waals surface area contributed by atoms with Crippen LogP contribution in [0.15, 0.2) is 42.5 Å². The molecule has 2 aromatic rings. The number of ether oxygens (including phenoxy) is 2. The number of hydrogen-bond donors (Lipinski definition) is 1. The third-order valence-corrected chi connectivity index (χ3v) is 2.67. The Labute approximate surface area is 141 Å². The monoisotopic (exact) mass is 320 g/mol. The molecule has 0 atom stereocenters. The van der Waals surface area contributed by atoms with Gasteiger partial charge in [-0.2, -0.15) is 0 Å². The lowest BCUT2D eigenvalue weighted by Gasteiger charge is -2.01. The average Bonchev–Trinajstić information content (AvgIpc) is 2.62. The lowest BCUT2D eigenvalue weighted by Crippen LogP contribution is -1.82. The van der Waals surface area contributed by atoms with Crippen LogP contribution < -0.4 is 9.47 Å². The maximum Gasteiger partial charge on any atom is 0.122 e. The van der Waals surface area contributed by atoms with Crippen LogP contribution in [0.25, 0.3) is 0 Å². The molecule has 0 aromatic heterocycles. The van der Waals surface area contributed by atoms with Crippen LogP contribution in [0.3, 0.4) is 0 Å². The predicted octanol–water partition coefficient (Wildman–Crippen LogP) is 5.77. The zero-order valence-electron chi connectivity index (χ0n) is 15.8. The maximum absolute atomic E-state index is 9.15. The number of phenolic OH excluding ortho intramolecular Hbond substituents is 1. The fourth-order valence-corrected chi connectivity index (χ4v) is 1.39. The lowest BCUT2D eigenvalue weighted by molar-refractivity contribution is 0.407. The molecule has 0 spiro atoms. The van der Waals surface area contributed by atoms with Crippen molar-refractivity contribution in [2.45, 2.75) is 41.5 Å². The standard InChI is InChI=1S/C8H10O2.C8H10O.2C2H6/c1-6-3-4-7(10-2)5-8(6)9;1-7-3-5-8(9-2)6-4-7;2*1-2/h3-5,9H,1-2H3;3-6H,1-2H3;2*1-2H3. The summed E-state index contributed by atoms with van der Waals surface area (Å²) in [6, 6.07) is 13.2. The van der Waals surface area contributed by atoms with Crippen molar-refractivity contribution in [1.82, 2.24) is 0 Å². The van der Waals surface area contributed by atoms with Crippen LogP contribution in [0.2, 0.25) is 0 Å². The van der Waals surface area contributed by atoms with E-state index in [-0.39, 0.29) is 5.75 Å². The SMILES string of the molecule is CC.CC.COc1ccc(C)c(O)c1.COc1ccc(C)cc1. The Morgan fingerprint density at radius 1 is 0.696 bits per heavy atom. The van der Waals surface area contributed by atoms with Gasteiger partial charge in [-0.25, -0.2) is 0 Å². The van der Waals surface area contributed by atoms with Gasteiger partial charge in [0.05, 0.1) is 14.2 Å². The van der Waals surface area contributed by atoms with E-state index in [1.807, 2.05) is 71.0 Å². The fraction of sp³-hybridized carbons (Fsp3) is 0.400. The van der Waals surface area contributed by atoms with Crippen molar-refractivity contribution in [3.05, 3.63) is 53.6 Å². The summed E-state index contributed by atoms with van der Waals surface area (Å²) in [6.45, 7) is 11.9. The van der Waals surface area contributed by atoms with E-state index in [2.05, 4.69) is 6.92 Å². The first-order chi connectivity index (χ1) is 11.1. The van der Waals surface area contributed by atoms with Gasteiger partial charge in [-0.1, -0.05) is 51.5 Å². The summed E-state index contributed by atoms with van der Waals surface area (Å²) >= 11 is 0. The van der Waals surface area contributed by atoms with Gasteiger partial charge < -0.3 is 14.6 Å². The van der Waals surface area contributed by atoms with E-state index in [9.17, 15) is 0 Å². The smallest absolute Gasteiger partial charge is 0.122 e. The zero-order chi connectivity index (χ0) is 18.3. The highest BCUT2D eigenvalue weighted by Crippen LogP contribution is 2.21. The van der Waals surface area contributed by atoms with E-state index in [0.29, 0.717) is 5.75 Å². The molecule has 3 heteroatoms. The molecule has 0 amide bonds. The molecule has 0 unspecified atom stereocenters. The van der Waals surface area contributed by atoms with Crippen LogP contribution in [-0.4, -0.2) is 19.3 Å². The first-order valence-electron chi connectivity index (χ1n) is 8.01. The summed E-state index contributed by atoms with van der Waals surface area (Å²) in [7, 11) is 3.24. The predicted molar refractivity (Wildman–Crippen MR) is 99.8 cm³/mol. The molecule has 0 bridgehead atoms. The molecule has 0 aliphatic heterocycles. The number of aryl methyl sites for hydroxylation is 2. The van der Waals surface area contributed by atoms with Crippen LogP contribution >= 0.6 is 0 Å². The average molecular weight is 320 g/mol. The van der Waals surface area contributed by atoms with Crippen molar-refractivity contribution >= 4 is 0 Å². The van der Waals surface area contributed by atoms with Gasteiger partial charge in [0.15, 0.2) is 0 Å². The Kier molecular flexibility index (Phi) is 14.8. The number of methoxy groups -OCH3 is 2. The molecular formula is C20H32O3. The Morgan fingerprint density at radius 3 is 1.52 bits per heavy atom.